The van der Waals surface area contributed by atoms with Gasteiger partial charge in [-0.2, -0.15) is 0 Å². The van der Waals surface area contributed by atoms with Crippen LogP contribution in [0.1, 0.15) is 37.7 Å². The SMILES string of the molecule is O=C1NNCC2NC(N3CCCCCC3)NC(Nc3ccc(CCCN4CCNCC4)cc3)C12. The molecular weight excluding hydrogens is 428 g/mol. The topological polar surface area (TPSA) is 95.7 Å². The van der Waals surface area contributed by atoms with E-state index in [-0.39, 0.29) is 30.3 Å². The molecule has 1 amide bonds. The number of hydrogen-bond donors (Lipinski definition) is 6. The largest absolute Gasteiger partial charge is 0.369 e. The fourth-order valence-corrected chi connectivity index (χ4v) is 5.80. The molecule has 1 aromatic rings. The smallest absolute Gasteiger partial charge is 0.242 e. The van der Waals surface area contributed by atoms with Crippen molar-refractivity contribution in [3.05, 3.63) is 29.8 Å². The second-order valence-electron chi connectivity index (χ2n) is 10.2. The summed E-state index contributed by atoms with van der Waals surface area (Å²) in [5.41, 5.74) is 8.33. The van der Waals surface area contributed by atoms with Crippen LogP contribution >= 0.6 is 0 Å². The zero-order chi connectivity index (χ0) is 23.2. The molecule has 34 heavy (non-hydrogen) atoms. The van der Waals surface area contributed by atoms with Gasteiger partial charge in [-0.3, -0.25) is 25.8 Å². The van der Waals surface area contributed by atoms with E-state index in [0.29, 0.717) is 0 Å². The molecule has 4 saturated heterocycles. The molecule has 4 aliphatic heterocycles. The quantitative estimate of drug-likeness (QED) is 0.337. The van der Waals surface area contributed by atoms with Crippen molar-refractivity contribution in [2.75, 3.05) is 57.7 Å². The van der Waals surface area contributed by atoms with Crippen LogP contribution in [0.2, 0.25) is 0 Å². The molecule has 4 fully saturated rings. The third-order valence-electron chi connectivity index (χ3n) is 7.77. The summed E-state index contributed by atoms with van der Waals surface area (Å²) in [6, 6.07) is 8.88. The van der Waals surface area contributed by atoms with Crippen molar-refractivity contribution in [3.8, 4) is 0 Å². The van der Waals surface area contributed by atoms with E-state index in [2.05, 4.69) is 66.2 Å². The van der Waals surface area contributed by atoms with Gasteiger partial charge in [0, 0.05) is 57.5 Å². The Balaban J connectivity index is 1.19. The summed E-state index contributed by atoms with van der Waals surface area (Å²) in [5.74, 6) is -0.143. The summed E-state index contributed by atoms with van der Waals surface area (Å²) in [7, 11) is 0. The van der Waals surface area contributed by atoms with Gasteiger partial charge in [0.1, 0.15) is 6.29 Å². The second-order valence-corrected chi connectivity index (χ2v) is 10.2. The minimum Gasteiger partial charge on any atom is -0.369 e. The summed E-state index contributed by atoms with van der Waals surface area (Å²) in [6.07, 6.45) is 7.34. The average molecular weight is 471 g/mol. The first-order valence-corrected chi connectivity index (χ1v) is 13.3. The number of fused-ring (bicyclic) bond motifs is 1. The molecule has 0 bridgehead atoms. The van der Waals surface area contributed by atoms with Crippen LogP contribution in [0.25, 0.3) is 0 Å². The molecule has 188 valence electrons. The molecule has 0 aliphatic carbocycles. The van der Waals surface area contributed by atoms with E-state index >= 15 is 0 Å². The Morgan fingerprint density at radius 3 is 2.47 bits per heavy atom. The lowest BCUT2D eigenvalue weighted by Gasteiger charge is -2.48. The number of benzene rings is 1. The molecule has 5 rings (SSSR count). The van der Waals surface area contributed by atoms with Crippen LogP contribution in [0.15, 0.2) is 24.3 Å². The van der Waals surface area contributed by atoms with Crippen LogP contribution in [-0.2, 0) is 11.2 Å². The number of carbonyl (C=O) groups excluding carboxylic acids is 1. The predicted octanol–water partition coefficient (Wildman–Crippen LogP) is 0.234. The van der Waals surface area contributed by atoms with E-state index in [1.165, 1.54) is 44.2 Å². The molecule has 9 heteroatoms. The highest BCUT2D eigenvalue weighted by atomic mass is 16.2. The molecule has 1 aromatic carbocycles. The number of carbonyl (C=O) groups is 1. The molecule has 4 heterocycles. The van der Waals surface area contributed by atoms with Gasteiger partial charge in [-0.25, -0.2) is 5.43 Å². The van der Waals surface area contributed by atoms with Crippen molar-refractivity contribution >= 4 is 11.6 Å². The number of anilines is 1. The van der Waals surface area contributed by atoms with Gasteiger partial charge in [0.2, 0.25) is 5.91 Å². The normalized spacial score (nSPS) is 31.4. The van der Waals surface area contributed by atoms with E-state index in [1.807, 2.05) is 0 Å². The lowest BCUT2D eigenvalue weighted by atomic mass is 9.91. The van der Waals surface area contributed by atoms with Crippen molar-refractivity contribution in [1.29, 1.82) is 0 Å². The van der Waals surface area contributed by atoms with E-state index in [0.717, 1.165) is 57.9 Å². The molecule has 0 saturated carbocycles. The Morgan fingerprint density at radius 2 is 1.71 bits per heavy atom. The van der Waals surface area contributed by atoms with Crippen LogP contribution in [0.4, 0.5) is 5.69 Å². The Kier molecular flexibility index (Phi) is 8.31. The third kappa shape index (κ3) is 6.08. The standard InChI is InChI=1S/C25H42N8O/c34-24-22-21(18-27-31-24)29-25(33-14-3-1-2-4-15-33)30-23(22)28-20-9-7-19(8-10-20)6-5-13-32-16-11-26-12-17-32/h7-10,21-23,25-30H,1-6,11-18H2,(H,31,34). The van der Waals surface area contributed by atoms with Gasteiger partial charge in [0.25, 0.3) is 0 Å². The molecule has 0 radical (unpaired) electrons. The first-order chi connectivity index (χ1) is 16.8. The molecule has 9 nitrogen and oxygen atoms in total. The van der Waals surface area contributed by atoms with E-state index in [4.69, 9.17) is 0 Å². The second kappa shape index (κ2) is 11.8. The Bertz CT molecular complexity index is 776. The van der Waals surface area contributed by atoms with Crippen LogP contribution in [-0.4, -0.2) is 86.6 Å². The summed E-state index contributed by atoms with van der Waals surface area (Å²) in [5, 5.41) is 14.5. The van der Waals surface area contributed by atoms with Gasteiger partial charge in [0.15, 0.2) is 0 Å². The maximum Gasteiger partial charge on any atom is 0.242 e. The Labute approximate surface area is 203 Å². The minimum absolute atomic E-state index is 0.0348. The third-order valence-corrected chi connectivity index (χ3v) is 7.77. The number of aryl methyl sites for hydroxylation is 1. The summed E-state index contributed by atoms with van der Waals surface area (Å²) in [4.78, 5) is 17.8. The van der Waals surface area contributed by atoms with Crippen molar-refractivity contribution < 1.29 is 4.79 Å². The van der Waals surface area contributed by atoms with Crippen molar-refractivity contribution in [2.24, 2.45) is 5.92 Å². The molecule has 0 spiro atoms. The summed E-state index contributed by atoms with van der Waals surface area (Å²) < 4.78 is 0. The minimum atomic E-state index is -0.178. The number of nitrogens with one attached hydrogen (secondary N) is 6. The summed E-state index contributed by atoms with van der Waals surface area (Å²) >= 11 is 0. The van der Waals surface area contributed by atoms with Crippen LogP contribution in [0, 0.1) is 5.92 Å². The molecule has 4 unspecified atom stereocenters. The number of hydrazine groups is 1. The monoisotopic (exact) mass is 470 g/mol. The summed E-state index contributed by atoms with van der Waals surface area (Å²) in [6.45, 7) is 8.64. The van der Waals surface area contributed by atoms with Crippen molar-refractivity contribution in [3.63, 3.8) is 0 Å². The zero-order valence-corrected chi connectivity index (χ0v) is 20.3. The van der Waals surface area contributed by atoms with Gasteiger partial charge >= 0.3 is 0 Å². The fraction of sp³-hybridized carbons (Fsp3) is 0.720. The highest BCUT2D eigenvalue weighted by Crippen LogP contribution is 2.23. The molecule has 0 aromatic heterocycles. The highest BCUT2D eigenvalue weighted by molar-refractivity contribution is 5.81. The number of rotatable bonds is 7. The Morgan fingerprint density at radius 1 is 0.941 bits per heavy atom. The molecule has 6 N–H and O–H groups in total. The molecule has 4 aliphatic rings. The molecular formula is C25H42N8O. The fourth-order valence-electron chi connectivity index (χ4n) is 5.80. The maximum absolute atomic E-state index is 12.8. The van der Waals surface area contributed by atoms with Gasteiger partial charge in [-0.05, 0) is 49.9 Å². The van der Waals surface area contributed by atoms with E-state index in [1.54, 1.807) is 0 Å². The number of piperazine rings is 1. The van der Waals surface area contributed by atoms with Gasteiger partial charge < -0.3 is 15.5 Å². The van der Waals surface area contributed by atoms with E-state index in [9.17, 15) is 4.79 Å². The number of nitrogens with zero attached hydrogens (tertiary/aromatic N) is 2. The highest BCUT2D eigenvalue weighted by Gasteiger charge is 2.44. The van der Waals surface area contributed by atoms with Gasteiger partial charge in [0.05, 0.1) is 12.1 Å². The lowest BCUT2D eigenvalue weighted by Crippen LogP contribution is -2.76. The number of likely N-dealkylation sites (tertiary alicyclic amines) is 1. The van der Waals surface area contributed by atoms with Crippen molar-refractivity contribution in [2.45, 2.75) is 57.0 Å². The zero-order valence-electron chi connectivity index (χ0n) is 20.3. The Hall–Kier alpha value is -1.75. The van der Waals surface area contributed by atoms with Crippen LogP contribution in [0.3, 0.4) is 0 Å². The number of hydrogen-bond acceptors (Lipinski definition) is 8. The van der Waals surface area contributed by atoms with Crippen molar-refractivity contribution in [1.82, 2.24) is 36.6 Å². The first-order valence-electron chi connectivity index (χ1n) is 13.3. The molecule has 4 atom stereocenters. The predicted molar refractivity (Wildman–Crippen MR) is 135 cm³/mol. The number of amides is 1. The van der Waals surface area contributed by atoms with Crippen LogP contribution in [0.5, 0.6) is 0 Å². The van der Waals surface area contributed by atoms with Gasteiger partial charge in [-0.1, -0.05) is 25.0 Å². The first kappa shape index (κ1) is 24.0. The lowest BCUT2D eigenvalue weighted by molar-refractivity contribution is -0.132. The van der Waals surface area contributed by atoms with Crippen LogP contribution < -0.4 is 32.1 Å². The average Bonchev–Trinajstić information content (AvgIpc) is 3.15. The maximum atomic E-state index is 12.8. The van der Waals surface area contributed by atoms with E-state index < -0.39 is 0 Å². The van der Waals surface area contributed by atoms with Gasteiger partial charge in [-0.15, -0.1) is 0 Å².